The SMILES string of the molecule is [B]c1c([B])c(C2(CC3=CCC(C=C)CC3)C3=C(C(C)=CCC3)c3ccc(N(c4ccc5c(c4)C(C)(C)c4cc(N(c6ccc7c(c6)C(CC6=CCC(C=C)CC6)(c6c([B])c([B])c(O)c(O)c6O)C6=C7C(C)=CCC6)c6cccc7ccccc67)ccc4-5)c4cccc5ccccc45)cc32)c(O)c(O)c1O. The molecule has 0 saturated carbocycles. The van der Waals surface area contributed by atoms with Crippen molar-refractivity contribution < 1.29 is 30.6 Å². The van der Waals surface area contributed by atoms with Gasteiger partial charge in [-0.1, -0.05) is 180 Å². The number of phenols is 6. The summed E-state index contributed by atoms with van der Waals surface area (Å²) >= 11 is 0. The van der Waals surface area contributed by atoms with Crippen molar-refractivity contribution in [3.63, 3.8) is 0 Å². The quantitative estimate of drug-likeness (QED) is 0.0361. The van der Waals surface area contributed by atoms with Gasteiger partial charge in [-0.15, -0.1) is 13.2 Å². The fourth-order valence-corrected chi connectivity index (χ4v) is 19.6. The molecule has 0 fully saturated rings. The van der Waals surface area contributed by atoms with Crippen molar-refractivity contribution in [2.75, 3.05) is 9.80 Å². The van der Waals surface area contributed by atoms with E-state index in [-0.39, 0.29) is 21.9 Å². The molecule has 0 amide bonds. The van der Waals surface area contributed by atoms with Gasteiger partial charge in [-0.05, 0) is 252 Å². The number of benzene rings is 10. The lowest BCUT2D eigenvalue weighted by molar-refractivity contribution is 0.362. The van der Waals surface area contributed by atoms with Crippen molar-refractivity contribution in [2.24, 2.45) is 11.8 Å². The van der Waals surface area contributed by atoms with Crippen LogP contribution in [-0.4, -0.2) is 62.0 Å². The Hall–Kier alpha value is -10.7. The number of aromatic hydroxyl groups is 6. The van der Waals surface area contributed by atoms with E-state index in [0.717, 1.165) is 185 Å². The van der Waals surface area contributed by atoms with Crippen LogP contribution in [0, 0.1) is 11.8 Å². The van der Waals surface area contributed by atoms with E-state index in [0.29, 0.717) is 48.6 Å². The fraction of sp³-hybridized carbons (Fsp3) is 0.226. The first-order valence-electron chi connectivity index (χ1n) is 36.9. The molecular weight excluding hydrogens is 1280 g/mol. The molecule has 17 rings (SSSR count). The molecule has 510 valence electrons. The van der Waals surface area contributed by atoms with Crippen molar-refractivity contribution in [3.8, 4) is 45.6 Å². The second-order valence-electron chi connectivity index (χ2n) is 30.7. The van der Waals surface area contributed by atoms with Crippen LogP contribution >= 0.6 is 0 Å². The maximum atomic E-state index is 12.5. The second-order valence-corrected chi connectivity index (χ2v) is 30.7. The molecule has 0 aromatic heterocycles. The molecule has 6 N–H and O–H groups in total. The minimum atomic E-state index is -1.12. The second kappa shape index (κ2) is 25.3. The molecule has 0 bridgehead atoms. The molecule has 0 aliphatic heterocycles. The smallest absolute Gasteiger partial charge is 0.199 e. The molecule has 7 aliphatic carbocycles. The van der Waals surface area contributed by atoms with Crippen molar-refractivity contribution >= 4 is 120 Å². The van der Waals surface area contributed by atoms with E-state index in [2.05, 4.69) is 233 Å². The van der Waals surface area contributed by atoms with Gasteiger partial charge in [-0.3, -0.25) is 0 Å². The predicted molar refractivity (Wildman–Crippen MR) is 435 cm³/mol. The maximum absolute atomic E-state index is 12.5. The summed E-state index contributed by atoms with van der Waals surface area (Å²) in [4.78, 5) is 4.73. The molecule has 12 heteroatoms. The number of fused-ring (bicyclic) bond motifs is 9. The number of hydrogen-bond acceptors (Lipinski definition) is 8. The van der Waals surface area contributed by atoms with E-state index in [4.69, 9.17) is 31.4 Å². The van der Waals surface area contributed by atoms with E-state index >= 15 is 0 Å². The molecule has 105 heavy (non-hydrogen) atoms. The number of allylic oxidation sites excluding steroid dienone is 14. The zero-order chi connectivity index (χ0) is 72.9. The Bertz CT molecular complexity index is 5260. The standard InChI is InChI=1S/C93H80B4N2O6/c1-7-53-29-33-55(34-30-53)49-92(79-81(94)83(96)87(102)89(104)85(79)100)69-25-13-17-51(3)77(69)67-43-39-61(47-73(67)92)98(75-27-15-21-57-19-9-11-23-63(57)75)59-37-41-65-66-42-38-60(46-72(66)91(5,6)71(65)45-59)99(76-28-16-22-58-20-10-12-24-64(58)76)62-40-44-68-74(48-62)93(70-26-14-18-52(4)78(68)70,50-56-35-31-54(8-2)32-36-56)80-82(95)84(97)88(103)90(105)86(80)101/h7-12,15-24,27-28,33,35,37-48,53-54,100-105H,1-2,13-14,25-26,29-32,34,36,49-50H2,3-6H3. The van der Waals surface area contributed by atoms with Crippen molar-refractivity contribution in [3.05, 3.63) is 285 Å². The van der Waals surface area contributed by atoms with Gasteiger partial charge in [0.15, 0.2) is 34.5 Å². The Kier molecular flexibility index (Phi) is 16.2. The van der Waals surface area contributed by atoms with Gasteiger partial charge in [-0.25, -0.2) is 0 Å². The van der Waals surface area contributed by atoms with Crippen LogP contribution in [0.4, 0.5) is 34.1 Å². The molecule has 8 radical (unpaired) electrons. The molecule has 0 saturated heterocycles. The average Bonchev–Trinajstić information content (AvgIpc) is 1.56. The third-order valence-electron chi connectivity index (χ3n) is 24.9. The largest absolute Gasteiger partial charge is 0.505 e. The Morgan fingerprint density at radius 2 is 0.790 bits per heavy atom. The Morgan fingerprint density at radius 3 is 1.17 bits per heavy atom. The Balaban J connectivity index is 0.845. The van der Waals surface area contributed by atoms with Crippen LogP contribution in [0.25, 0.3) is 43.8 Å². The van der Waals surface area contributed by atoms with Crippen LogP contribution in [0.5, 0.6) is 34.5 Å². The highest BCUT2D eigenvalue weighted by Crippen LogP contribution is 2.65. The molecule has 10 aromatic carbocycles. The zero-order valence-corrected chi connectivity index (χ0v) is 59.9. The van der Waals surface area contributed by atoms with Crippen LogP contribution in [0.3, 0.4) is 0 Å². The summed E-state index contributed by atoms with van der Waals surface area (Å²) < 4.78 is 0. The van der Waals surface area contributed by atoms with Crippen LogP contribution in [0.15, 0.2) is 241 Å². The maximum Gasteiger partial charge on any atom is 0.199 e. The molecule has 4 unspecified atom stereocenters. The summed E-state index contributed by atoms with van der Waals surface area (Å²) in [6.45, 7) is 17.3. The third kappa shape index (κ3) is 10.1. The van der Waals surface area contributed by atoms with Gasteiger partial charge in [0.1, 0.15) is 31.4 Å². The molecule has 0 heterocycles. The van der Waals surface area contributed by atoms with Gasteiger partial charge in [0.05, 0.1) is 11.4 Å². The van der Waals surface area contributed by atoms with Crippen LogP contribution in [0.1, 0.15) is 149 Å². The lowest BCUT2D eigenvalue weighted by atomic mass is 9.60. The number of rotatable bonds is 14. The van der Waals surface area contributed by atoms with E-state index in [9.17, 15) is 30.6 Å². The van der Waals surface area contributed by atoms with E-state index in [1.165, 1.54) is 11.1 Å². The van der Waals surface area contributed by atoms with Gasteiger partial charge in [0, 0.05) is 60.9 Å². The highest BCUT2D eigenvalue weighted by molar-refractivity contribution is 6.52. The molecule has 8 nitrogen and oxygen atoms in total. The van der Waals surface area contributed by atoms with Crippen LogP contribution in [-0.2, 0) is 16.2 Å². The minimum absolute atomic E-state index is 0.0312. The summed E-state index contributed by atoms with van der Waals surface area (Å²) in [5.41, 5.74) is 20.4. The van der Waals surface area contributed by atoms with Crippen molar-refractivity contribution in [1.82, 2.24) is 0 Å². The topological polar surface area (TPSA) is 128 Å². The van der Waals surface area contributed by atoms with Crippen LogP contribution < -0.4 is 31.7 Å². The average molecular weight is 1360 g/mol. The van der Waals surface area contributed by atoms with Gasteiger partial charge < -0.3 is 40.4 Å². The first kappa shape index (κ1) is 67.5. The first-order valence-corrected chi connectivity index (χ1v) is 36.9. The summed E-state index contributed by atoms with van der Waals surface area (Å²) in [5.74, 6) is -3.00. The van der Waals surface area contributed by atoms with Crippen molar-refractivity contribution in [2.45, 2.75) is 121 Å². The normalized spacial score (nSPS) is 20.5. The lowest BCUT2D eigenvalue weighted by Crippen LogP contribution is -2.40. The van der Waals surface area contributed by atoms with Crippen LogP contribution in [0.2, 0.25) is 0 Å². The van der Waals surface area contributed by atoms with E-state index in [1.807, 2.05) is 12.2 Å². The Morgan fingerprint density at radius 1 is 0.419 bits per heavy atom. The summed E-state index contributed by atoms with van der Waals surface area (Å²) in [6, 6.07) is 57.0. The third-order valence-corrected chi connectivity index (χ3v) is 24.9. The van der Waals surface area contributed by atoms with E-state index in [1.54, 1.807) is 0 Å². The van der Waals surface area contributed by atoms with Gasteiger partial charge in [0.25, 0.3) is 0 Å². The number of anilines is 6. The van der Waals surface area contributed by atoms with Gasteiger partial charge in [0.2, 0.25) is 0 Å². The summed E-state index contributed by atoms with van der Waals surface area (Å²) in [6.07, 6.45) is 22.2. The fourth-order valence-electron chi connectivity index (χ4n) is 19.6. The van der Waals surface area contributed by atoms with Gasteiger partial charge >= 0.3 is 0 Å². The highest BCUT2D eigenvalue weighted by atomic mass is 16.3. The highest BCUT2D eigenvalue weighted by Gasteiger charge is 2.53. The molecular formula is C93H80B4N2O6. The molecule has 4 atom stereocenters. The first-order chi connectivity index (χ1) is 50.7. The summed E-state index contributed by atoms with van der Waals surface area (Å²) in [7, 11) is 27.8. The molecule has 10 aromatic rings. The monoisotopic (exact) mass is 1360 g/mol. The number of nitrogens with zero attached hydrogens (tertiary/aromatic N) is 2. The molecule has 0 spiro atoms. The summed E-state index contributed by atoms with van der Waals surface area (Å²) in [5, 5.41) is 75.3. The lowest BCUT2D eigenvalue weighted by Gasteiger charge is -2.40. The number of phenolic OH excluding ortho intramolecular Hbond substituents is 6. The van der Waals surface area contributed by atoms with Gasteiger partial charge in [-0.2, -0.15) is 0 Å². The van der Waals surface area contributed by atoms with Crippen molar-refractivity contribution in [1.29, 1.82) is 0 Å². The molecule has 7 aliphatic rings. The minimum Gasteiger partial charge on any atom is -0.505 e. The number of hydrogen-bond donors (Lipinski definition) is 6. The zero-order valence-electron chi connectivity index (χ0n) is 59.9. The van der Waals surface area contributed by atoms with E-state index < -0.39 is 50.7 Å². The predicted octanol–water partition coefficient (Wildman–Crippen LogP) is 18.8. The Labute approximate surface area is 620 Å².